The van der Waals surface area contributed by atoms with Gasteiger partial charge in [0.1, 0.15) is 0 Å². The third kappa shape index (κ3) is 2.47. The van der Waals surface area contributed by atoms with Gasteiger partial charge in [0.25, 0.3) is 0 Å². The molecule has 1 fully saturated rings. The Bertz CT molecular complexity index is 550. The highest BCUT2D eigenvalue weighted by Crippen LogP contribution is 2.24. The molecule has 94 valence electrons. The van der Waals surface area contributed by atoms with E-state index < -0.39 is 0 Å². The minimum absolute atomic E-state index is 0.571. The zero-order valence-electron chi connectivity index (χ0n) is 10.3. The molecule has 2 heterocycles. The number of aromatic nitrogens is 1. The van der Waals surface area contributed by atoms with E-state index in [0.717, 1.165) is 13.1 Å². The Morgan fingerprint density at radius 1 is 1.28 bits per heavy atom. The van der Waals surface area contributed by atoms with Crippen LogP contribution in [0.15, 0.2) is 30.6 Å². The van der Waals surface area contributed by atoms with Gasteiger partial charge in [-0.15, -0.1) is 9.24 Å². The van der Waals surface area contributed by atoms with Crippen molar-refractivity contribution in [1.82, 2.24) is 10.3 Å². The predicted octanol–water partition coefficient (Wildman–Crippen LogP) is 1.90. The first-order chi connectivity index (χ1) is 8.83. The summed E-state index contributed by atoms with van der Waals surface area (Å²) in [6, 6.07) is 7.00. The van der Waals surface area contributed by atoms with Gasteiger partial charge in [-0.25, -0.2) is 0 Å². The average Bonchev–Trinajstić information content (AvgIpc) is 2.40. The third-order valence-electron chi connectivity index (χ3n) is 3.48. The Morgan fingerprint density at radius 3 is 2.94 bits per heavy atom. The smallest absolute Gasteiger partial charge is 0.0443 e. The van der Waals surface area contributed by atoms with Crippen molar-refractivity contribution in [2.75, 3.05) is 18.4 Å². The zero-order chi connectivity index (χ0) is 12.4. The number of piperidine rings is 1. The van der Waals surface area contributed by atoms with Gasteiger partial charge in [0.05, 0.1) is 0 Å². The van der Waals surface area contributed by atoms with Crippen LogP contribution in [0.5, 0.6) is 0 Å². The molecule has 1 saturated heterocycles. The van der Waals surface area contributed by atoms with Crippen LogP contribution in [0.4, 0.5) is 5.69 Å². The number of hydrogen-bond donors (Lipinski definition) is 2. The summed E-state index contributed by atoms with van der Waals surface area (Å²) >= 11 is 0. The largest absolute Gasteiger partial charge is 0.382 e. The lowest BCUT2D eigenvalue weighted by atomic mass is 10.0. The number of nitrogens with zero attached hydrogens (tertiary/aromatic N) is 1. The number of fused-ring (bicyclic) bond motifs is 1. The molecule has 1 atom stereocenters. The summed E-state index contributed by atoms with van der Waals surface area (Å²) in [5.41, 5.74) is 1.21. The SMILES string of the molecule is Pc1cc(NC2CCNCC2)c2cnccc2c1. The van der Waals surface area contributed by atoms with E-state index in [4.69, 9.17) is 0 Å². The maximum absolute atomic E-state index is 4.24. The van der Waals surface area contributed by atoms with Crippen LogP contribution in [-0.2, 0) is 0 Å². The van der Waals surface area contributed by atoms with Gasteiger partial charge in [0.2, 0.25) is 0 Å². The summed E-state index contributed by atoms with van der Waals surface area (Å²) in [5.74, 6) is 0. The third-order valence-corrected chi connectivity index (χ3v) is 3.81. The molecule has 18 heavy (non-hydrogen) atoms. The van der Waals surface area contributed by atoms with Gasteiger partial charge < -0.3 is 10.6 Å². The maximum Gasteiger partial charge on any atom is 0.0443 e. The molecule has 4 heteroatoms. The van der Waals surface area contributed by atoms with Gasteiger partial charge in [-0.1, -0.05) is 0 Å². The van der Waals surface area contributed by atoms with Gasteiger partial charge in [0.15, 0.2) is 0 Å². The number of hydrogen-bond acceptors (Lipinski definition) is 3. The van der Waals surface area contributed by atoms with Crippen molar-refractivity contribution in [2.24, 2.45) is 0 Å². The fourth-order valence-electron chi connectivity index (χ4n) is 2.53. The molecule has 1 aromatic carbocycles. The van der Waals surface area contributed by atoms with E-state index in [0.29, 0.717) is 6.04 Å². The summed E-state index contributed by atoms with van der Waals surface area (Å²) < 4.78 is 0. The van der Waals surface area contributed by atoms with E-state index >= 15 is 0 Å². The van der Waals surface area contributed by atoms with Crippen LogP contribution < -0.4 is 15.9 Å². The van der Waals surface area contributed by atoms with E-state index in [1.807, 2.05) is 12.4 Å². The Balaban J connectivity index is 1.94. The lowest BCUT2D eigenvalue weighted by Gasteiger charge is -2.25. The molecule has 0 saturated carbocycles. The van der Waals surface area contributed by atoms with Gasteiger partial charge in [0, 0.05) is 29.5 Å². The van der Waals surface area contributed by atoms with Crippen molar-refractivity contribution < 1.29 is 0 Å². The summed E-state index contributed by atoms with van der Waals surface area (Å²) in [4.78, 5) is 4.24. The summed E-state index contributed by atoms with van der Waals surface area (Å²) in [7, 11) is 2.78. The molecule has 0 amide bonds. The minimum atomic E-state index is 0.571. The second-order valence-electron chi connectivity index (χ2n) is 4.83. The van der Waals surface area contributed by atoms with Crippen LogP contribution in [0.3, 0.4) is 0 Å². The molecule has 3 nitrogen and oxygen atoms in total. The number of benzene rings is 1. The highest BCUT2D eigenvalue weighted by Gasteiger charge is 2.13. The molecule has 2 N–H and O–H groups in total. The summed E-state index contributed by atoms with van der Waals surface area (Å²) in [6.45, 7) is 2.21. The minimum Gasteiger partial charge on any atom is -0.382 e. The van der Waals surface area contributed by atoms with E-state index in [2.05, 4.69) is 43.1 Å². The number of rotatable bonds is 2. The lowest BCUT2D eigenvalue weighted by molar-refractivity contribution is 0.479. The summed E-state index contributed by atoms with van der Waals surface area (Å²) in [5, 5.41) is 10.7. The van der Waals surface area contributed by atoms with Crippen molar-refractivity contribution in [3.8, 4) is 0 Å². The predicted molar refractivity (Wildman–Crippen MR) is 80.6 cm³/mol. The highest BCUT2D eigenvalue weighted by molar-refractivity contribution is 7.27. The van der Waals surface area contributed by atoms with E-state index in [1.54, 1.807) is 0 Å². The van der Waals surface area contributed by atoms with Crippen molar-refractivity contribution >= 4 is 31.0 Å². The Hall–Kier alpha value is -1.18. The molecule has 1 aliphatic heterocycles. The van der Waals surface area contributed by atoms with Crippen LogP contribution >= 0.6 is 9.24 Å². The van der Waals surface area contributed by atoms with Crippen molar-refractivity contribution in [2.45, 2.75) is 18.9 Å². The molecule has 2 aromatic rings. The van der Waals surface area contributed by atoms with Gasteiger partial charge >= 0.3 is 0 Å². The molecule has 0 spiro atoms. The fourth-order valence-corrected chi connectivity index (χ4v) is 2.87. The first kappa shape index (κ1) is 11.9. The standard InChI is InChI=1S/C14H18N3P/c18-12-7-10-1-4-16-9-13(10)14(8-12)17-11-2-5-15-6-3-11/h1,4,7-9,11,15,17H,2-3,5-6,18H2. The molecule has 1 aromatic heterocycles. The van der Waals surface area contributed by atoms with Crippen LogP contribution in [-0.4, -0.2) is 24.1 Å². The normalized spacial score (nSPS) is 16.9. The maximum atomic E-state index is 4.24. The van der Waals surface area contributed by atoms with Gasteiger partial charge in [-0.3, -0.25) is 4.98 Å². The fraction of sp³-hybridized carbons (Fsp3) is 0.357. The second-order valence-corrected chi connectivity index (χ2v) is 5.50. The number of nitrogens with one attached hydrogen (secondary N) is 2. The Kier molecular flexibility index (Phi) is 3.44. The van der Waals surface area contributed by atoms with Crippen LogP contribution in [0, 0.1) is 0 Å². The quantitative estimate of drug-likeness (QED) is 0.809. The molecule has 1 unspecified atom stereocenters. The number of anilines is 1. The molecule has 1 aliphatic rings. The van der Waals surface area contributed by atoms with Crippen LogP contribution in [0.2, 0.25) is 0 Å². The first-order valence-electron chi connectivity index (χ1n) is 6.43. The van der Waals surface area contributed by atoms with Gasteiger partial charge in [-0.05, 0) is 54.8 Å². The van der Waals surface area contributed by atoms with E-state index in [1.165, 1.54) is 34.6 Å². The molecular weight excluding hydrogens is 241 g/mol. The topological polar surface area (TPSA) is 37.0 Å². The van der Waals surface area contributed by atoms with Crippen molar-refractivity contribution in [3.05, 3.63) is 30.6 Å². The summed E-state index contributed by atoms with van der Waals surface area (Å²) in [6.07, 6.45) is 6.16. The molecule has 0 radical (unpaired) electrons. The van der Waals surface area contributed by atoms with E-state index in [-0.39, 0.29) is 0 Å². The van der Waals surface area contributed by atoms with Crippen LogP contribution in [0.25, 0.3) is 10.8 Å². The Morgan fingerprint density at radius 2 is 2.11 bits per heavy atom. The number of pyridine rings is 1. The van der Waals surface area contributed by atoms with E-state index in [9.17, 15) is 0 Å². The molecule has 0 bridgehead atoms. The average molecular weight is 259 g/mol. The lowest BCUT2D eigenvalue weighted by Crippen LogP contribution is -2.35. The highest BCUT2D eigenvalue weighted by atomic mass is 31.0. The van der Waals surface area contributed by atoms with Crippen molar-refractivity contribution in [1.29, 1.82) is 0 Å². The monoisotopic (exact) mass is 259 g/mol. The molecule has 0 aliphatic carbocycles. The molecular formula is C14H18N3P. The zero-order valence-corrected chi connectivity index (χ0v) is 11.5. The van der Waals surface area contributed by atoms with Crippen molar-refractivity contribution in [3.63, 3.8) is 0 Å². The second kappa shape index (κ2) is 5.21. The Labute approximate surface area is 110 Å². The molecule has 3 rings (SSSR count). The van der Waals surface area contributed by atoms with Gasteiger partial charge in [-0.2, -0.15) is 0 Å². The first-order valence-corrected chi connectivity index (χ1v) is 7.01. The van der Waals surface area contributed by atoms with Crippen LogP contribution in [0.1, 0.15) is 12.8 Å².